The summed E-state index contributed by atoms with van der Waals surface area (Å²) in [6.07, 6.45) is 0. The molecule has 0 fully saturated rings. The Bertz CT molecular complexity index is 686. The van der Waals surface area contributed by atoms with Crippen LogP contribution in [0.15, 0.2) is 40.1 Å². The van der Waals surface area contributed by atoms with Crippen LogP contribution in [0.2, 0.25) is 0 Å². The van der Waals surface area contributed by atoms with Gasteiger partial charge in [-0.05, 0) is 36.2 Å². The molecule has 0 aliphatic rings. The van der Waals surface area contributed by atoms with Gasteiger partial charge in [-0.25, -0.2) is 4.39 Å². The van der Waals surface area contributed by atoms with E-state index in [0.717, 1.165) is 22.6 Å². The van der Waals surface area contributed by atoms with Crippen molar-refractivity contribution in [3.8, 4) is 10.6 Å². The van der Waals surface area contributed by atoms with Crippen LogP contribution in [0.1, 0.15) is 5.56 Å². The highest BCUT2D eigenvalue weighted by Gasteiger charge is 2.11. The summed E-state index contributed by atoms with van der Waals surface area (Å²) in [7, 11) is 1.91. The van der Waals surface area contributed by atoms with E-state index < -0.39 is 0 Å². The molecule has 0 amide bonds. The van der Waals surface area contributed by atoms with Gasteiger partial charge in [-0.1, -0.05) is 12.1 Å². The molecule has 92 valence electrons. The molecule has 1 N–H and O–H groups in total. The minimum atomic E-state index is -0.314. The Balaban J connectivity index is 2.05. The minimum Gasteiger partial charge on any atom is -0.452 e. The van der Waals surface area contributed by atoms with Crippen molar-refractivity contribution in [2.24, 2.45) is 0 Å². The van der Waals surface area contributed by atoms with E-state index >= 15 is 0 Å². The first-order chi connectivity index (χ1) is 8.78. The Morgan fingerprint density at radius 2 is 2.22 bits per heavy atom. The molecule has 2 heterocycles. The number of hydrogen-bond donors (Lipinski definition) is 1. The molecule has 0 aliphatic heterocycles. The molecule has 0 spiro atoms. The molecular formula is C14H12FNOS. The lowest BCUT2D eigenvalue weighted by Crippen LogP contribution is -2.03. The van der Waals surface area contributed by atoms with Gasteiger partial charge in [0.25, 0.3) is 0 Å². The second kappa shape index (κ2) is 4.55. The van der Waals surface area contributed by atoms with Crippen LogP contribution in [0, 0.1) is 5.82 Å². The molecule has 0 atom stereocenters. The lowest BCUT2D eigenvalue weighted by Gasteiger charge is -1.92. The van der Waals surface area contributed by atoms with E-state index in [9.17, 15) is 4.39 Å². The second-order valence-corrected chi connectivity index (χ2v) is 5.03. The molecule has 3 rings (SSSR count). The average molecular weight is 261 g/mol. The van der Waals surface area contributed by atoms with E-state index in [1.54, 1.807) is 17.4 Å². The minimum absolute atomic E-state index is 0.314. The lowest BCUT2D eigenvalue weighted by molar-refractivity contribution is 0.569. The Morgan fingerprint density at radius 3 is 3.00 bits per heavy atom. The summed E-state index contributed by atoms with van der Waals surface area (Å²) < 4.78 is 19.1. The van der Waals surface area contributed by atoms with Crippen LogP contribution < -0.4 is 5.32 Å². The van der Waals surface area contributed by atoms with Crippen LogP contribution in [0.25, 0.3) is 21.6 Å². The number of hydrogen-bond acceptors (Lipinski definition) is 3. The first-order valence-corrected chi connectivity index (χ1v) is 6.56. The zero-order valence-corrected chi connectivity index (χ0v) is 10.7. The van der Waals surface area contributed by atoms with Crippen LogP contribution in [-0.2, 0) is 6.54 Å². The van der Waals surface area contributed by atoms with Crippen molar-refractivity contribution in [1.82, 2.24) is 5.32 Å². The van der Waals surface area contributed by atoms with E-state index in [-0.39, 0.29) is 5.82 Å². The summed E-state index contributed by atoms with van der Waals surface area (Å²) in [4.78, 5) is 1.02. The van der Waals surface area contributed by atoms with Gasteiger partial charge in [-0.15, -0.1) is 11.3 Å². The number of furan rings is 1. The smallest absolute Gasteiger partial charge is 0.170 e. The van der Waals surface area contributed by atoms with E-state index in [1.165, 1.54) is 11.6 Å². The number of rotatable bonds is 3. The van der Waals surface area contributed by atoms with E-state index in [0.29, 0.717) is 5.58 Å². The normalized spacial score (nSPS) is 11.2. The molecule has 2 aromatic heterocycles. The third-order valence-electron chi connectivity index (χ3n) is 2.77. The Morgan fingerprint density at radius 1 is 1.33 bits per heavy atom. The van der Waals surface area contributed by atoms with Crippen molar-refractivity contribution in [2.75, 3.05) is 7.05 Å². The van der Waals surface area contributed by atoms with E-state index in [4.69, 9.17) is 4.42 Å². The number of benzene rings is 1. The Labute approximate surface area is 108 Å². The molecule has 4 heteroatoms. The SMILES string of the molecule is CNCc1csc(-c2cc3cccc(F)c3o2)c1. The van der Waals surface area contributed by atoms with Crippen LogP contribution in [0.4, 0.5) is 4.39 Å². The van der Waals surface area contributed by atoms with Gasteiger partial charge in [0.05, 0.1) is 4.88 Å². The maximum atomic E-state index is 13.5. The summed E-state index contributed by atoms with van der Waals surface area (Å²) in [5, 5.41) is 5.98. The first-order valence-electron chi connectivity index (χ1n) is 5.68. The molecule has 3 aromatic rings. The first kappa shape index (κ1) is 11.4. The number of para-hydroxylation sites is 1. The van der Waals surface area contributed by atoms with Crippen LogP contribution in [-0.4, -0.2) is 7.05 Å². The van der Waals surface area contributed by atoms with Crippen molar-refractivity contribution in [3.63, 3.8) is 0 Å². The van der Waals surface area contributed by atoms with Crippen molar-refractivity contribution in [3.05, 3.63) is 47.1 Å². The van der Waals surface area contributed by atoms with Gasteiger partial charge in [-0.3, -0.25) is 0 Å². The largest absolute Gasteiger partial charge is 0.452 e. The van der Waals surface area contributed by atoms with Gasteiger partial charge in [-0.2, -0.15) is 0 Å². The number of thiophene rings is 1. The van der Waals surface area contributed by atoms with Gasteiger partial charge in [0.2, 0.25) is 0 Å². The van der Waals surface area contributed by atoms with Gasteiger partial charge in [0.15, 0.2) is 11.4 Å². The van der Waals surface area contributed by atoms with E-state index in [1.807, 2.05) is 19.2 Å². The summed E-state index contributed by atoms with van der Waals surface area (Å²) in [5.74, 6) is 0.410. The van der Waals surface area contributed by atoms with Crippen molar-refractivity contribution < 1.29 is 8.81 Å². The highest BCUT2D eigenvalue weighted by Crippen LogP contribution is 2.33. The zero-order valence-electron chi connectivity index (χ0n) is 9.87. The maximum absolute atomic E-state index is 13.5. The highest BCUT2D eigenvalue weighted by molar-refractivity contribution is 7.13. The van der Waals surface area contributed by atoms with Crippen molar-refractivity contribution in [1.29, 1.82) is 0 Å². The van der Waals surface area contributed by atoms with Gasteiger partial charge < -0.3 is 9.73 Å². The van der Waals surface area contributed by atoms with Crippen molar-refractivity contribution >= 4 is 22.3 Å². The Kier molecular flexibility index (Phi) is 2.89. The highest BCUT2D eigenvalue weighted by atomic mass is 32.1. The number of halogens is 1. The molecule has 1 aromatic carbocycles. The molecule has 2 nitrogen and oxygen atoms in total. The summed E-state index contributed by atoms with van der Waals surface area (Å²) >= 11 is 1.61. The molecule has 0 unspecified atom stereocenters. The predicted octanol–water partition coefficient (Wildman–Crippen LogP) is 4.02. The number of fused-ring (bicyclic) bond motifs is 1. The van der Waals surface area contributed by atoms with Gasteiger partial charge in [0, 0.05) is 11.9 Å². The van der Waals surface area contributed by atoms with Crippen molar-refractivity contribution in [2.45, 2.75) is 6.54 Å². The molecule has 0 bridgehead atoms. The lowest BCUT2D eigenvalue weighted by atomic mass is 10.2. The fourth-order valence-electron chi connectivity index (χ4n) is 1.95. The van der Waals surface area contributed by atoms with Gasteiger partial charge in [0.1, 0.15) is 5.76 Å². The fraction of sp³-hybridized carbons (Fsp3) is 0.143. The summed E-state index contributed by atoms with van der Waals surface area (Å²) in [6, 6.07) is 8.91. The van der Waals surface area contributed by atoms with Crippen LogP contribution >= 0.6 is 11.3 Å². The molecular weight excluding hydrogens is 249 g/mol. The molecule has 0 aliphatic carbocycles. The molecule has 0 saturated carbocycles. The zero-order chi connectivity index (χ0) is 12.5. The standard InChI is InChI=1S/C14H12FNOS/c1-16-7-9-5-13(18-8-9)12-6-10-3-2-4-11(15)14(10)17-12/h2-6,8,16H,7H2,1H3. The second-order valence-electron chi connectivity index (χ2n) is 4.12. The predicted molar refractivity (Wildman–Crippen MR) is 72.2 cm³/mol. The number of nitrogens with one attached hydrogen (secondary N) is 1. The quantitative estimate of drug-likeness (QED) is 0.770. The topological polar surface area (TPSA) is 25.2 Å². The molecule has 18 heavy (non-hydrogen) atoms. The average Bonchev–Trinajstić information content (AvgIpc) is 2.96. The fourth-order valence-corrected chi connectivity index (χ4v) is 2.82. The summed E-state index contributed by atoms with van der Waals surface area (Å²) in [6.45, 7) is 0.824. The maximum Gasteiger partial charge on any atom is 0.170 e. The van der Waals surface area contributed by atoms with Crippen LogP contribution in [0.5, 0.6) is 0 Å². The third-order valence-corrected chi connectivity index (χ3v) is 3.77. The molecule has 0 saturated heterocycles. The summed E-state index contributed by atoms with van der Waals surface area (Å²) in [5.41, 5.74) is 1.54. The van der Waals surface area contributed by atoms with E-state index in [2.05, 4.69) is 16.8 Å². The monoisotopic (exact) mass is 261 g/mol. The van der Waals surface area contributed by atoms with Crippen LogP contribution in [0.3, 0.4) is 0 Å². The third kappa shape index (κ3) is 1.94. The Hall–Kier alpha value is -1.65. The molecule has 0 radical (unpaired) electrons. The van der Waals surface area contributed by atoms with Gasteiger partial charge >= 0.3 is 0 Å².